The number of fused-ring (bicyclic) bond motifs is 3. The molecule has 2 aromatic carbocycles. The zero-order valence-electron chi connectivity index (χ0n) is 17.4. The fourth-order valence-electron chi connectivity index (χ4n) is 4.41. The van der Waals surface area contributed by atoms with Gasteiger partial charge >= 0.3 is 6.03 Å². The van der Waals surface area contributed by atoms with Crippen LogP contribution in [0.1, 0.15) is 17.3 Å². The quantitative estimate of drug-likeness (QED) is 0.573. The molecule has 8 nitrogen and oxygen atoms in total. The number of aryl methyl sites for hydroxylation is 1. The summed E-state index contributed by atoms with van der Waals surface area (Å²) in [6.45, 7) is 2.53. The number of aromatic nitrogens is 3. The van der Waals surface area contributed by atoms with Crippen molar-refractivity contribution < 1.29 is 9.59 Å². The molecule has 2 aliphatic heterocycles. The molecule has 3 heterocycles. The molecule has 9 heteroatoms. The molecule has 158 valence electrons. The number of amides is 3. The van der Waals surface area contributed by atoms with Gasteiger partial charge in [-0.2, -0.15) is 0 Å². The van der Waals surface area contributed by atoms with Crippen LogP contribution in [0.4, 0.5) is 10.7 Å². The van der Waals surface area contributed by atoms with Gasteiger partial charge in [-0.1, -0.05) is 57.9 Å². The molecule has 0 N–H and O–H groups in total. The van der Waals surface area contributed by atoms with Crippen molar-refractivity contribution in [3.63, 3.8) is 0 Å². The fourth-order valence-corrected chi connectivity index (χ4v) is 4.67. The zero-order chi connectivity index (χ0) is 21.9. The van der Waals surface area contributed by atoms with Gasteiger partial charge in [0, 0.05) is 30.7 Å². The number of hydrogen-bond donors (Lipinski definition) is 0. The number of carbonyl (C=O) groups excluding carboxylic acids is 2. The SMILES string of the molecule is Cc1cccc(CN2c3nnc(-c4ccc(Br)cc4)n3C3C2C(=O)N(C)C(=O)N3C)c1. The lowest BCUT2D eigenvalue weighted by molar-refractivity contribution is -0.133. The van der Waals surface area contributed by atoms with E-state index in [1.165, 1.54) is 11.9 Å². The molecule has 0 saturated carbocycles. The summed E-state index contributed by atoms with van der Waals surface area (Å²) in [4.78, 5) is 30.8. The normalized spacial score (nSPS) is 20.3. The van der Waals surface area contributed by atoms with Crippen LogP contribution in [0.15, 0.2) is 53.0 Å². The highest BCUT2D eigenvalue weighted by Crippen LogP contribution is 2.42. The van der Waals surface area contributed by atoms with Crippen LogP contribution in [0.25, 0.3) is 11.4 Å². The minimum absolute atomic E-state index is 0.243. The van der Waals surface area contributed by atoms with Gasteiger partial charge in [-0.05, 0) is 24.6 Å². The topological polar surface area (TPSA) is 74.6 Å². The highest BCUT2D eigenvalue weighted by Gasteiger charge is 2.54. The summed E-state index contributed by atoms with van der Waals surface area (Å²) in [6, 6.07) is 15.0. The van der Waals surface area contributed by atoms with Crippen molar-refractivity contribution in [1.82, 2.24) is 24.6 Å². The maximum Gasteiger partial charge on any atom is 0.327 e. The molecule has 3 aromatic rings. The minimum Gasteiger partial charge on any atom is -0.321 e. The third kappa shape index (κ3) is 3.03. The van der Waals surface area contributed by atoms with Crippen LogP contribution in [0, 0.1) is 6.92 Å². The van der Waals surface area contributed by atoms with E-state index in [0.717, 1.165) is 21.2 Å². The Kier molecular flexibility index (Phi) is 4.58. The Balaban J connectivity index is 1.65. The molecule has 2 unspecified atom stereocenters. The van der Waals surface area contributed by atoms with Crippen molar-refractivity contribution in [3.8, 4) is 11.4 Å². The molecule has 0 bridgehead atoms. The van der Waals surface area contributed by atoms with E-state index in [1.54, 1.807) is 11.9 Å². The lowest BCUT2D eigenvalue weighted by Gasteiger charge is -2.40. The van der Waals surface area contributed by atoms with E-state index in [0.29, 0.717) is 18.3 Å². The van der Waals surface area contributed by atoms with Gasteiger partial charge in [-0.3, -0.25) is 14.3 Å². The number of nitrogens with zero attached hydrogens (tertiary/aromatic N) is 6. The van der Waals surface area contributed by atoms with Crippen LogP contribution < -0.4 is 4.90 Å². The summed E-state index contributed by atoms with van der Waals surface area (Å²) in [6.07, 6.45) is -0.523. The maximum absolute atomic E-state index is 13.3. The monoisotopic (exact) mass is 480 g/mol. The lowest BCUT2D eigenvalue weighted by Crippen LogP contribution is -2.61. The molecule has 0 spiro atoms. The van der Waals surface area contributed by atoms with Crippen LogP contribution in [0.2, 0.25) is 0 Å². The van der Waals surface area contributed by atoms with E-state index in [9.17, 15) is 9.59 Å². The van der Waals surface area contributed by atoms with Crippen molar-refractivity contribution in [2.24, 2.45) is 0 Å². The third-order valence-electron chi connectivity index (χ3n) is 5.92. The second-order valence-electron chi connectivity index (χ2n) is 7.97. The summed E-state index contributed by atoms with van der Waals surface area (Å²) in [7, 11) is 3.24. The van der Waals surface area contributed by atoms with Crippen LogP contribution in [-0.2, 0) is 11.3 Å². The average molecular weight is 481 g/mol. The van der Waals surface area contributed by atoms with Crippen molar-refractivity contribution in [2.45, 2.75) is 25.7 Å². The molecule has 1 saturated heterocycles. The van der Waals surface area contributed by atoms with Crippen LogP contribution in [-0.4, -0.2) is 56.6 Å². The van der Waals surface area contributed by atoms with Crippen molar-refractivity contribution >= 4 is 33.8 Å². The minimum atomic E-state index is -0.576. The van der Waals surface area contributed by atoms with Gasteiger partial charge < -0.3 is 9.80 Å². The molecular formula is C22H21BrN6O2. The number of urea groups is 1. The second-order valence-corrected chi connectivity index (χ2v) is 8.88. The Morgan fingerprint density at radius 1 is 1.03 bits per heavy atom. The summed E-state index contributed by atoms with van der Waals surface area (Å²) in [5.41, 5.74) is 3.07. The first-order valence-corrected chi connectivity index (χ1v) is 10.7. The number of halogens is 1. The van der Waals surface area contributed by atoms with Crippen molar-refractivity contribution in [2.75, 3.05) is 19.0 Å². The van der Waals surface area contributed by atoms with Crippen molar-refractivity contribution in [3.05, 3.63) is 64.1 Å². The fraction of sp³-hybridized carbons (Fsp3) is 0.273. The van der Waals surface area contributed by atoms with Gasteiger partial charge in [-0.25, -0.2) is 4.79 Å². The molecule has 5 rings (SSSR count). The molecule has 31 heavy (non-hydrogen) atoms. The van der Waals surface area contributed by atoms with E-state index < -0.39 is 12.2 Å². The van der Waals surface area contributed by atoms with Gasteiger partial charge in [0.05, 0.1) is 0 Å². The number of carbonyl (C=O) groups is 2. The van der Waals surface area contributed by atoms with Gasteiger partial charge in [-0.15, -0.1) is 10.2 Å². The molecule has 1 aromatic heterocycles. The summed E-state index contributed by atoms with van der Waals surface area (Å²) >= 11 is 3.46. The van der Waals surface area contributed by atoms with E-state index in [1.807, 2.05) is 58.9 Å². The smallest absolute Gasteiger partial charge is 0.321 e. The molecule has 2 aliphatic rings. The molecular weight excluding hydrogens is 460 g/mol. The highest BCUT2D eigenvalue weighted by molar-refractivity contribution is 9.10. The number of benzene rings is 2. The van der Waals surface area contributed by atoms with E-state index in [2.05, 4.69) is 32.2 Å². The number of imide groups is 1. The van der Waals surface area contributed by atoms with Crippen LogP contribution >= 0.6 is 15.9 Å². The predicted octanol–water partition coefficient (Wildman–Crippen LogP) is 3.43. The number of anilines is 1. The lowest BCUT2D eigenvalue weighted by atomic mass is 10.1. The maximum atomic E-state index is 13.3. The summed E-state index contributed by atoms with van der Waals surface area (Å²) in [5.74, 6) is 0.965. The summed E-state index contributed by atoms with van der Waals surface area (Å²) < 4.78 is 2.87. The van der Waals surface area contributed by atoms with Gasteiger partial charge in [0.15, 0.2) is 11.9 Å². The molecule has 0 aliphatic carbocycles. The zero-order valence-corrected chi connectivity index (χ0v) is 18.9. The largest absolute Gasteiger partial charge is 0.327 e. The van der Waals surface area contributed by atoms with Crippen molar-refractivity contribution in [1.29, 1.82) is 0 Å². The molecule has 2 atom stereocenters. The number of hydrogen-bond acceptors (Lipinski definition) is 5. The predicted molar refractivity (Wildman–Crippen MR) is 119 cm³/mol. The second kappa shape index (κ2) is 7.19. The highest BCUT2D eigenvalue weighted by atomic mass is 79.9. The Hall–Kier alpha value is -3.20. The first-order chi connectivity index (χ1) is 14.9. The first kappa shape index (κ1) is 19.7. The standard InChI is InChI=1S/C22H21BrN6O2/c1-13-5-4-6-14(11-13)12-28-17-19(26(2)22(31)27(3)20(17)30)29-18(24-25-21(28)29)15-7-9-16(23)10-8-15/h4-11,17,19H,12H2,1-3H3. The average Bonchev–Trinajstić information content (AvgIpc) is 3.30. The molecule has 0 radical (unpaired) electrons. The Morgan fingerprint density at radius 2 is 1.77 bits per heavy atom. The summed E-state index contributed by atoms with van der Waals surface area (Å²) in [5, 5.41) is 8.89. The number of rotatable bonds is 3. The molecule has 3 amide bonds. The first-order valence-electron chi connectivity index (χ1n) is 9.94. The van der Waals surface area contributed by atoms with Gasteiger partial charge in [0.2, 0.25) is 5.95 Å². The number of likely N-dealkylation sites (N-methyl/N-ethyl adjacent to an activating group) is 2. The Bertz CT molecular complexity index is 1190. The van der Waals surface area contributed by atoms with E-state index in [4.69, 9.17) is 0 Å². The van der Waals surface area contributed by atoms with Crippen LogP contribution in [0.3, 0.4) is 0 Å². The third-order valence-corrected chi connectivity index (χ3v) is 6.45. The molecule has 1 fully saturated rings. The Labute approximate surface area is 188 Å². The Morgan fingerprint density at radius 3 is 2.48 bits per heavy atom. The van der Waals surface area contributed by atoms with E-state index in [-0.39, 0.29) is 11.9 Å². The van der Waals surface area contributed by atoms with Crippen LogP contribution in [0.5, 0.6) is 0 Å². The van der Waals surface area contributed by atoms with Gasteiger partial charge in [0.25, 0.3) is 5.91 Å². The van der Waals surface area contributed by atoms with Gasteiger partial charge in [0.1, 0.15) is 6.17 Å². The van der Waals surface area contributed by atoms with E-state index >= 15 is 0 Å².